The fourth-order valence-electron chi connectivity index (χ4n) is 3.57. The van der Waals surface area contributed by atoms with E-state index in [4.69, 9.17) is 9.47 Å². The molecule has 1 amide bonds. The molecule has 2 heterocycles. The second-order valence-corrected chi connectivity index (χ2v) is 7.13. The number of methoxy groups -OCH3 is 1. The summed E-state index contributed by atoms with van der Waals surface area (Å²) < 4.78 is 12.3. The van der Waals surface area contributed by atoms with Crippen LogP contribution in [-0.2, 0) is 16.5 Å². The number of hydrogen-bond donors (Lipinski definition) is 0. The van der Waals surface area contributed by atoms with E-state index >= 15 is 0 Å². The Balaban J connectivity index is 1.72. The summed E-state index contributed by atoms with van der Waals surface area (Å²) in [5.41, 5.74) is 3.00. The smallest absolute Gasteiger partial charge is 0.354 e. The van der Waals surface area contributed by atoms with Crippen LogP contribution in [0.3, 0.4) is 0 Å². The molecule has 0 N–H and O–H groups in total. The number of aromatic nitrogens is 1. The minimum absolute atomic E-state index is 0.0199. The Kier molecular flexibility index (Phi) is 6.52. The van der Waals surface area contributed by atoms with Crippen LogP contribution in [0.5, 0.6) is 0 Å². The van der Waals surface area contributed by atoms with Crippen LogP contribution in [0.1, 0.15) is 47.0 Å². The monoisotopic (exact) mass is 384 g/mol. The molecule has 1 unspecified atom stereocenters. The minimum Gasteiger partial charge on any atom is -0.464 e. The summed E-state index contributed by atoms with van der Waals surface area (Å²) >= 11 is 0. The molecule has 6 nitrogen and oxygen atoms in total. The lowest BCUT2D eigenvalue weighted by Gasteiger charge is -2.29. The summed E-state index contributed by atoms with van der Waals surface area (Å²) in [6, 6.07) is 9.30. The number of likely N-dealkylation sites (N-methyl/N-ethyl adjacent to an activating group) is 1. The Morgan fingerprint density at radius 1 is 1.21 bits per heavy atom. The Bertz CT molecular complexity index is 820. The number of nitrogens with zero attached hydrogens (tertiary/aromatic N) is 2. The second-order valence-electron chi connectivity index (χ2n) is 7.13. The molecule has 1 aromatic carbocycles. The molecule has 1 aliphatic heterocycles. The molecule has 0 aliphatic carbocycles. The zero-order valence-electron chi connectivity index (χ0n) is 16.8. The van der Waals surface area contributed by atoms with Gasteiger partial charge in [0.25, 0.3) is 5.91 Å². The number of hydrogen-bond acceptors (Lipinski definition) is 4. The first-order valence-electron chi connectivity index (χ1n) is 9.79. The van der Waals surface area contributed by atoms with Crippen molar-refractivity contribution in [2.24, 2.45) is 7.05 Å². The molecule has 1 atom stereocenters. The predicted octanol–water partition coefficient (Wildman–Crippen LogP) is 3.51. The zero-order valence-corrected chi connectivity index (χ0v) is 16.8. The second kappa shape index (κ2) is 9.06. The van der Waals surface area contributed by atoms with Crippen LogP contribution in [0.15, 0.2) is 36.5 Å². The molecule has 1 aliphatic rings. The first-order valence-corrected chi connectivity index (χ1v) is 9.79. The molecule has 0 saturated carbocycles. The lowest BCUT2D eigenvalue weighted by atomic mass is 10.0. The summed E-state index contributed by atoms with van der Waals surface area (Å²) in [7, 11) is 3.17. The molecule has 1 saturated heterocycles. The van der Waals surface area contributed by atoms with Crippen LogP contribution in [-0.4, -0.2) is 54.3 Å². The molecule has 0 spiro atoms. The SMILES string of the molecule is CCN(CC1CCCCO1)C(=O)c1ccc(-c2cc(C(=O)OC)n(C)c2)cc1. The standard InChI is InChI=1S/C22H28N2O4/c1-4-24(15-19-7-5-6-12-28-19)21(25)17-10-8-16(9-11-17)18-13-20(22(26)27-3)23(2)14-18/h8-11,13-14,19H,4-7,12,15H2,1-3H3. The molecule has 150 valence electrons. The fourth-order valence-corrected chi connectivity index (χ4v) is 3.57. The van der Waals surface area contributed by atoms with E-state index in [0.717, 1.165) is 37.0 Å². The van der Waals surface area contributed by atoms with Crippen molar-refractivity contribution in [2.75, 3.05) is 26.8 Å². The summed E-state index contributed by atoms with van der Waals surface area (Å²) in [6.45, 7) is 4.07. The number of aryl methyl sites for hydroxylation is 1. The van der Waals surface area contributed by atoms with Crippen molar-refractivity contribution in [2.45, 2.75) is 32.3 Å². The number of amides is 1. The minimum atomic E-state index is -0.371. The summed E-state index contributed by atoms with van der Waals surface area (Å²) in [5.74, 6) is -0.351. The number of rotatable bonds is 6. The highest BCUT2D eigenvalue weighted by molar-refractivity contribution is 5.95. The topological polar surface area (TPSA) is 60.8 Å². The van der Waals surface area contributed by atoms with Crippen LogP contribution < -0.4 is 0 Å². The maximum atomic E-state index is 12.9. The van der Waals surface area contributed by atoms with Gasteiger partial charge in [-0.1, -0.05) is 12.1 Å². The van der Waals surface area contributed by atoms with E-state index in [-0.39, 0.29) is 18.0 Å². The van der Waals surface area contributed by atoms with Gasteiger partial charge >= 0.3 is 5.97 Å². The molecule has 1 fully saturated rings. The van der Waals surface area contributed by atoms with Gasteiger partial charge in [-0.25, -0.2) is 4.79 Å². The Labute approximate surface area is 166 Å². The van der Waals surface area contributed by atoms with Crippen molar-refractivity contribution in [3.05, 3.63) is 47.8 Å². The van der Waals surface area contributed by atoms with Gasteiger partial charge in [0, 0.05) is 44.1 Å². The van der Waals surface area contributed by atoms with Crippen molar-refractivity contribution < 1.29 is 19.1 Å². The molecule has 1 aromatic heterocycles. The van der Waals surface area contributed by atoms with Gasteiger partial charge in [-0.15, -0.1) is 0 Å². The molecule has 0 bridgehead atoms. The van der Waals surface area contributed by atoms with E-state index in [1.165, 1.54) is 7.11 Å². The van der Waals surface area contributed by atoms with Gasteiger partial charge in [0.05, 0.1) is 13.2 Å². The lowest BCUT2D eigenvalue weighted by Crippen LogP contribution is -2.39. The summed E-state index contributed by atoms with van der Waals surface area (Å²) in [6.07, 6.45) is 5.30. The van der Waals surface area contributed by atoms with Gasteiger partial charge in [0.1, 0.15) is 5.69 Å². The summed E-state index contributed by atoms with van der Waals surface area (Å²) in [4.78, 5) is 26.5. The molecule has 3 rings (SSSR count). The van der Waals surface area contributed by atoms with E-state index in [0.29, 0.717) is 24.3 Å². The lowest BCUT2D eigenvalue weighted by molar-refractivity contribution is -0.00311. The van der Waals surface area contributed by atoms with Crippen molar-refractivity contribution >= 4 is 11.9 Å². The Morgan fingerprint density at radius 2 is 1.96 bits per heavy atom. The number of benzene rings is 1. The van der Waals surface area contributed by atoms with Crippen LogP contribution in [0.2, 0.25) is 0 Å². The third-order valence-corrected chi connectivity index (χ3v) is 5.23. The van der Waals surface area contributed by atoms with Gasteiger partial charge in [-0.05, 0) is 49.9 Å². The van der Waals surface area contributed by atoms with Crippen molar-refractivity contribution in [1.82, 2.24) is 9.47 Å². The number of carbonyl (C=O) groups excluding carboxylic acids is 2. The number of ether oxygens (including phenoxy) is 2. The number of esters is 1. The van der Waals surface area contributed by atoms with Crippen LogP contribution >= 0.6 is 0 Å². The van der Waals surface area contributed by atoms with Crippen LogP contribution in [0, 0.1) is 0 Å². The maximum absolute atomic E-state index is 12.9. The average Bonchev–Trinajstić information content (AvgIpc) is 3.13. The van der Waals surface area contributed by atoms with Crippen molar-refractivity contribution in [3.63, 3.8) is 0 Å². The first kappa shape index (κ1) is 20.1. The van der Waals surface area contributed by atoms with E-state index in [9.17, 15) is 9.59 Å². The van der Waals surface area contributed by atoms with Crippen LogP contribution in [0.4, 0.5) is 0 Å². The molecular weight excluding hydrogens is 356 g/mol. The molecular formula is C22H28N2O4. The van der Waals surface area contributed by atoms with Crippen molar-refractivity contribution in [3.8, 4) is 11.1 Å². The molecule has 0 radical (unpaired) electrons. The normalized spacial score (nSPS) is 16.6. The highest BCUT2D eigenvalue weighted by atomic mass is 16.5. The average molecular weight is 384 g/mol. The summed E-state index contributed by atoms with van der Waals surface area (Å²) in [5, 5.41) is 0. The maximum Gasteiger partial charge on any atom is 0.354 e. The van der Waals surface area contributed by atoms with Gasteiger partial charge < -0.3 is 18.9 Å². The van der Waals surface area contributed by atoms with Crippen LogP contribution in [0.25, 0.3) is 11.1 Å². The number of carbonyl (C=O) groups is 2. The quantitative estimate of drug-likeness (QED) is 0.715. The highest BCUT2D eigenvalue weighted by Crippen LogP contribution is 2.23. The molecule has 28 heavy (non-hydrogen) atoms. The molecule has 6 heteroatoms. The van der Waals surface area contributed by atoms with E-state index < -0.39 is 0 Å². The Morgan fingerprint density at radius 3 is 2.57 bits per heavy atom. The predicted molar refractivity (Wildman–Crippen MR) is 107 cm³/mol. The van der Waals surface area contributed by atoms with E-state index in [2.05, 4.69) is 0 Å². The van der Waals surface area contributed by atoms with Gasteiger partial charge in [-0.3, -0.25) is 4.79 Å². The zero-order chi connectivity index (χ0) is 20.1. The van der Waals surface area contributed by atoms with Gasteiger partial charge in [0.2, 0.25) is 0 Å². The van der Waals surface area contributed by atoms with E-state index in [1.807, 2.05) is 42.3 Å². The third-order valence-electron chi connectivity index (χ3n) is 5.23. The van der Waals surface area contributed by atoms with Crippen molar-refractivity contribution in [1.29, 1.82) is 0 Å². The Hall–Kier alpha value is -2.60. The third kappa shape index (κ3) is 4.44. The van der Waals surface area contributed by atoms with Gasteiger partial charge in [0.15, 0.2) is 0 Å². The molecule has 2 aromatic rings. The first-order chi connectivity index (χ1) is 13.5. The highest BCUT2D eigenvalue weighted by Gasteiger charge is 2.21. The fraction of sp³-hybridized carbons (Fsp3) is 0.455. The van der Waals surface area contributed by atoms with E-state index in [1.54, 1.807) is 17.7 Å². The van der Waals surface area contributed by atoms with Gasteiger partial charge in [-0.2, -0.15) is 0 Å². The largest absolute Gasteiger partial charge is 0.464 e.